The van der Waals surface area contributed by atoms with Crippen molar-refractivity contribution in [1.29, 1.82) is 0 Å². The molecule has 1 aromatic carbocycles. The minimum Gasteiger partial charge on any atom is -0.475 e. The van der Waals surface area contributed by atoms with E-state index in [1.165, 1.54) is 0 Å². The maximum atomic E-state index is 10.6. The molecule has 0 aliphatic heterocycles. The van der Waals surface area contributed by atoms with Crippen LogP contribution in [0.3, 0.4) is 0 Å². The third-order valence-electron chi connectivity index (χ3n) is 4.86. The lowest BCUT2D eigenvalue weighted by molar-refractivity contribution is -0.193. The van der Waals surface area contributed by atoms with Crippen LogP contribution in [-0.2, 0) is 32.3 Å². The number of hydrogen-bond donors (Lipinski definition) is 8. The number of aliphatic carboxylic acids is 4. The van der Waals surface area contributed by atoms with E-state index in [2.05, 4.69) is 34.9 Å². The molecule has 0 amide bonds. The van der Waals surface area contributed by atoms with Gasteiger partial charge >= 0.3 is 48.6 Å². The first-order chi connectivity index (χ1) is 23.6. The quantitative estimate of drug-likeness (QED) is 0.0927. The Labute approximate surface area is 282 Å². The normalized spacial score (nSPS) is 11.3. The molecule has 294 valence electrons. The largest absolute Gasteiger partial charge is 0.490 e. The predicted octanol–water partition coefficient (Wildman–Crippen LogP) is 3.41. The van der Waals surface area contributed by atoms with Crippen molar-refractivity contribution in [2.45, 2.75) is 37.8 Å². The number of hydrogen-bond acceptors (Lipinski definition) is 10. The molecular weight excluding hydrogens is 752 g/mol. The number of pyridine rings is 2. The average molecular weight is 781 g/mol. The summed E-state index contributed by atoms with van der Waals surface area (Å²) >= 11 is 0. The summed E-state index contributed by atoms with van der Waals surface area (Å²) in [4.78, 5) is 45.2. The molecule has 0 bridgehead atoms. The van der Waals surface area contributed by atoms with Crippen molar-refractivity contribution in [3.05, 3.63) is 47.8 Å². The summed E-state index contributed by atoms with van der Waals surface area (Å²) in [5.74, 6) is -11.0. The van der Waals surface area contributed by atoms with Gasteiger partial charge in [0, 0.05) is 50.0 Å². The predicted molar refractivity (Wildman–Crippen MR) is 153 cm³/mol. The summed E-state index contributed by atoms with van der Waals surface area (Å²) in [7, 11) is 0. The number of benzene rings is 1. The van der Waals surface area contributed by atoms with Gasteiger partial charge in [0.1, 0.15) is 0 Å². The Kier molecular flexibility index (Phi) is 20.7. The molecule has 3 aromatic rings. The molecule has 2 heterocycles. The number of nitrogens with two attached hydrogens (primary N) is 2. The van der Waals surface area contributed by atoms with Crippen LogP contribution >= 0.6 is 0 Å². The number of fused-ring (bicyclic) bond motifs is 3. The molecule has 0 aliphatic carbocycles. The molecule has 10 N–H and O–H groups in total. The average Bonchev–Trinajstić information content (AvgIpc) is 3.00. The van der Waals surface area contributed by atoms with Gasteiger partial charge in [0.25, 0.3) is 0 Å². The van der Waals surface area contributed by atoms with E-state index in [9.17, 15) is 52.7 Å². The van der Waals surface area contributed by atoms with Crippen molar-refractivity contribution in [1.82, 2.24) is 20.6 Å². The highest BCUT2D eigenvalue weighted by Crippen LogP contribution is 2.23. The van der Waals surface area contributed by atoms with Crippen LogP contribution in [0.15, 0.2) is 36.4 Å². The molecule has 3 rings (SSSR count). The molecule has 0 radical (unpaired) electrons. The second-order valence-corrected chi connectivity index (χ2v) is 8.96. The molecule has 0 saturated heterocycles. The molecule has 52 heavy (non-hydrogen) atoms. The van der Waals surface area contributed by atoms with Crippen molar-refractivity contribution in [3.63, 3.8) is 0 Å². The van der Waals surface area contributed by atoms with Crippen molar-refractivity contribution in [3.8, 4) is 0 Å². The lowest BCUT2D eigenvalue weighted by Gasteiger charge is -2.08. The number of carboxylic acid groups (broad SMARTS) is 4. The van der Waals surface area contributed by atoms with Crippen LogP contribution in [0, 0.1) is 0 Å². The summed E-state index contributed by atoms with van der Waals surface area (Å²) in [5.41, 5.74) is 14.9. The first-order valence-corrected chi connectivity index (χ1v) is 13.3. The zero-order valence-electron chi connectivity index (χ0n) is 25.7. The third kappa shape index (κ3) is 21.2. The fraction of sp³-hybridized carbons (Fsp3) is 0.385. The third-order valence-corrected chi connectivity index (χ3v) is 4.86. The number of alkyl halides is 12. The summed E-state index contributed by atoms with van der Waals surface area (Å²) in [5, 5.41) is 37.3. The summed E-state index contributed by atoms with van der Waals surface area (Å²) < 4.78 is 127. The standard InChI is InChI=1S/C18H24N6.4C2HF3O2/c19-7-9-21-11-15-5-3-13-1-2-14-4-6-16(12-22-10-8-20)24-18(14)17(13)23-15;4*3-2(4,5)1(6)7/h1-6,21-22H,7-12,19-20H2;4*(H,6,7). The molecule has 0 aliphatic rings. The van der Waals surface area contributed by atoms with E-state index in [1.54, 1.807) is 0 Å². The number of nitrogens with one attached hydrogen (secondary N) is 2. The van der Waals surface area contributed by atoms with Gasteiger partial charge in [0.2, 0.25) is 0 Å². The van der Waals surface area contributed by atoms with Gasteiger partial charge in [-0.2, -0.15) is 52.7 Å². The Morgan fingerprint density at radius 1 is 0.500 bits per heavy atom. The summed E-state index contributed by atoms with van der Waals surface area (Å²) in [6.45, 7) is 4.23. The van der Waals surface area contributed by atoms with Gasteiger partial charge in [-0.05, 0) is 12.1 Å². The van der Waals surface area contributed by atoms with Crippen LogP contribution in [0.2, 0.25) is 0 Å². The van der Waals surface area contributed by atoms with Crippen molar-refractivity contribution in [2.24, 2.45) is 11.5 Å². The Hall–Kier alpha value is -5.08. The topological polar surface area (TPSA) is 251 Å². The van der Waals surface area contributed by atoms with E-state index in [1.807, 2.05) is 12.1 Å². The number of rotatable bonds is 8. The molecule has 0 spiro atoms. The number of carbonyl (C=O) groups is 4. The van der Waals surface area contributed by atoms with Crippen molar-refractivity contribution < 1.29 is 92.3 Å². The second kappa shape index (κ2) is 22.0. The number of carboxylic acids is 4. The number of nitrogens with zero attached hydrogens (tertiary/aromatic N) is 2. The molecular formula is C26H28F12N6O8. The Bertz CT molecular complexity index is 1440. The zero-order chi connectivity index (χ0) is 41.1. The van der Waals surface area contributed by atoms with Crippen molar-refractivity contribution >= 4 is 45.7 Å². The van der Waals surface area contributed by atoms with Gasteiger partial charge in [0.15, 0.2) is 0 Å². The van der Waals surface area contributed by atoms with Crippen LogP contribution < -0.4 is 22.1 Å². The fourth-order valence-corrected chi connectivity index (χ4v) is 2.68. The monoisotopic (exact) mass is 780 g/mol. The lowest BCUT2D eigenvalue weighted by atomic mass is 10.1. The highest BCUT2D eigenvalue weighted by atomic mass is 19.4. The van der Waals surface area contributed by atoms with Crippen LogP contribution in [0.1, 0.15) is 11.4 Å². The lowest BCUT2D eigenvalue weighted by Crippen LogP contribution is -2.22. The molecule has 0 saturated carbocycles. The van der Waals surface area contributed by atoms with E-state index in [0.29, 0.717) is 26.2 Å². The van der Waals surface area contributed by atoms with Crippen molar-refractivity contribution in [2.75, 3.05) is 26.2 Å². The SMILES string of the molecule is NCCNCc1ccc2ccc3ccc(CNCCN)nc3c2n1.O=C(O)C(F)(F)F.O=C(O)C(F)(F)F.O=C(O)C(F)(F)F.O=C(O)C(F)(F)F. The molecule has 26 heteroatoms. The van der Waals surface area contributed by atoms with Gasteiger partial charge in [-0.1, -0.05) is 24.3 Å². The van der Waals surface area contributed by atoms with E-state index in [0.717, 1.165) is 46.3 Å². The molecule has 0 fully saturated rings. The van der Waals surface area contributed by atoms with Crippen LogP contribution in [0.25, 0.3) is 21.8 Å². The van der Waals surface area contributed by atoms with Gasteiger partial charge in [-0.15, -0.1) is 0 Å². The minimum absolute atomic E-state index is 0.622. The Morgan fingerprint density at radius 2 is 0.712 bits per heavy atom. The zero-order valence-corrected chi connectivity index (χ0v) is 25.7. The second-order valence-electron chi connectivity index (χ2n) is 8.96. The number of aromatic nitrogens is 2. The van der Waals surface area contributed by atoms with E-state index < -0.39 is 48.6 Å². The Balaban J connectivity index is 0. The first-order valence-electron chi connectivity index (χ1n) is 13.3. The maximum absolute atomic E-state index is 10.6. The minimum atomic E-state index is -5.08. The fourth-order valence-electron chi connectivity index (χ4n) is 2.68. The van der Waals surface area contributed by atoms with Crippen LogP contribution in [0.5, 0.6) is 0 Å². The van der Waals surface area contributed by atoms with Crippen LogP contribution in [0.4, 0.5) is 52.7 Å². The van der Waals surface area contributed by atoms with Gasteiger partial charge < -0.3 is 42.5 Å². The Morgan fingerprint density at radius 3 is 0.904 bits per heavy atom. The molecule has 0 unspecified atom stereocenters. The van der Waals surface area contributed by atoms with Gasteiger partial charge in [-0.25, -0.2) is 29.1 Å². The van der Waals surface area contributed by atoms with Crippen LogP contribution in [-0.4, -0.2) is 105 Å². The van der Waals surface area contributed by atoms with Gasteiger partial charge in [0.05, 0.1) is 22.4 Å². The van der Waals surface area contributed by atoms with E-state index in [-0.39, 0.29) is 0 Å². The van der Waals surface area contributed by atoms with Gasteiger partial charge in [-0.3, -0.25) is 0 Å². The highest BCUT2D eigenvalue weighted by Gasteiger charge is 2.40. The summed E-state index contributed by atoms with van der Waals surface area (Å²) in [6.07, 6.45) is -20.3. The smallest absolute Gasteiger partial charge is 0.475 e. The summed E-state index contributed by atoms with van der Waals surface area (Å²) in [6, 6.07) is 12.5. The van der Waals surface area contributed by atoms with E-state index in [4.69, 9.17) is 61.0 Å². The first kappa shape index (κ1) is 49.0. The van der Waals surface area contributed by atoms with E-state index >= 15 is 0 Å². The highest BCUT2D eigenvalue weighted by molar-refractivity contribution is 6.02. The maximum Gasteiger partial charge on any atom is 0.490 e. The molecule has 14 nitrogen and oxygen atoms in total. The molecule has 2 aromatic heterocycles. The molecule has 0 atom stereocenters. The number of halogens is 12.